The van der Waals surface area contributed by atoms with Crippen LogP contribution in [0.3, 0.4) is 0 Å². The lowest BCUT2D eigenvalue weighted by molar-refractivity contribution is -0.143. The lowest BCUT2D eigenvalue weighted by Crippen LogP contribution is -2.61. The fourth-order valence-corrected chi connectivity index (χ4v) is 7.32. The molecule has 3 heterocycles. The van der Waals surface area contributed by atoms with Gasteiger partial charge in [-0.25, -0.2) is 0 Å². The number of nitrogens with zero attached hydrogens (tertiary/aromatic N) is 2. The number of hydrogen-bond donors (Lipinski definition) is 5. The van der Waals surface area contributed by atoms with Crippen LogP contribution in [0.5, 0.6) is 0 Å². The quantitative estimate of drug-likeness (QED) is 0.215. The smallest absolute Gasteiger partial charge is 0.245 e. The Morgan fingerprint density at radius 2 is 0.923 bits per heavy atom. The predicted octanol–water partition coefficient (Wildman–Crippen LogP) is 2.00. The Labute approximate surface area is 310 Å². The third kappa shape index (κ3) is 12.8. The van der Waals surface area contributed by atoms with E-state index < -0.39 is 71.7 Å². The maximum absolute atomic E-state index is 14.2. The van der Waals surface area contributed by atoms with E-state index in [1.165, 1.54) is 4.90 Å². The van der Waals surface area contributed by atoms with Crippen molar-refractivity contribution in [3.05, 3.63) is 0 Å². The molecule has 3 aliphatic heterocycles. The van der Waals surface area contributed by atoms with Crippen LogP contribution in [0.2, 0.25) is 0 Å². The first kappa shape index (κ1) is 42.7. The molecule has 0 spiro atoms. The van der Waals surface area contributed by atoms with Crippen LogP contribution in [-0.4, -0.2) is 107 Å². The first-order chi connectivity index (χ1) is 24.5. The highest BCUT2D eigenvalue weighted by Gasteiger charge is 2.41. The van der Waals surface area contributed by atoms with Crippen molar-refractivity contribution >= 4 is 41.4 Å². The highest BCUT2D eigenvalue weighted by molar-refractivity contribution is 5.98. The van der Waals surface area contributed by atoms with Gasteiger partial charge in [0, 0.05) is 26.1 Å². The number of carbonyl (C=O) groups is 7. The van der Waals surface area contributed by atoms with Crippen LogP contribution in [0.1, 0.15) is 120 Å². The lowest BCUT2D eigenvalue weighted by atomic mass is 9.98. The molecule has 3 rings (SSSR count). The van der Waals surface area contributed by atoms with E-state index >= 15 is 0 Å². The maximum atomic E-state index is 14.2. The molecule has 294 valence electrons. The summed E-state index contributed by atoms with van der Waals surface area (Å²) >= 11 is 0. The fraction of sp³-hybridized carbons (Fsp3) is 0.816. The Bertz CT molecular complexity index is 1280. The van der Waals surface area contributed by atoms with E-state index in [4.69, 9.17) is 0 Å². The number of rotatable bonds is 11. The SMILES string of the molecule is CC(C)C[C@@H]1NC(=O)[C@@H](CCC(=O)N2CCCC2)NC(=O)[C@@H](CC(C)C)NC(=O)[C@@H](CC(C)C)NC(=O)[C@@H](CC(C)C)NC(=O)[C@H]2CCCN2C1=O. The fourth-order valence-electron chi connectivity index (χ4n) is 7.32. The molecule has 7 amide bonds. The van der Waals surface area contributed by atoms with E-state index in [1.807, 2.05) is 55.4 Å². The molecule has 0 saturated carbocycles. The largest absolute Gasteiger partial charge is 0.343 e. The molecule has 0 aliphatic carbocycles. The van der Waals surface area contributed by atoms with Gasteiger partial charge >= 0.3 is 0 Å². The summed E-state index contributed by atoms with van der Waals surface area (Å²) < 4.78 is 0. The zero-order valence-electron chi connectivity index (χ0n) is 32.7. The standard InChI is InChI=1S/C38H65N7O7/c1-22(2)18-27-34(48)39-26(13-14-32(46)44-15-9-10-16-44)33(47)43-30(21-25(7)8)38(52)45-17-11-12-31(45)37(51)42-29(20-24(5)6)36(50)41-28(19-23(3)4)35(49)40-27/h22-31H,9-21H2,1-8H3,(H,39,48)(H,40,49)(H,41,50)(H,42,51)(H,43,47)/t26-,27-,28-,29-,30+,31-/m1/s1. The molecule has 52 heavy (non-hydrogen) atoms. The third-order valence-electron chi connectivity index (χ3n) is 9.92. The predicted molar refractivity (Wildman–Crippen MR) is 197 cm³/mol. The van der Waals surface area contributed by atoms with Crippen molar-refractivity contribution in [3.8, 4) is 0 Å². The van der Waals surface area contributed by atoms with Crippen LogP contribution in [0, 0.1) is 23.7 Å². The molecule has 0 aromatic heterocycles. The molecule has 0 aromatic carbocycles. The average molecular weight is 732 g/mol. The summed E-state index contributed by atoms with van der Waals surface area (Å²) in [6.45, 7) is 17.0. The Morgan fingerprint density at radius 1 is 0.538 bits per heavy atom. The summed E-state index contributed by atoms with van der Waals surface area (Å²) in [6.07, 6.45) is 3.90. The van der Waals surface area contributed by atoms with E-state index in [2.05, 4.69) is 26.6 Å². The molecule has 3 fully saturated rings. The van der Waals surface area contributed by atoms with Gasteiger partial charge in [-0.15, -0.1) is 0 Å². The van der Waals surface area contributed by atoms with Crippen molar-refractivity contribution < 1.29 is 33.6 Å². The van der Waals surface area contributed by atoms with E-state index in [9.17, 15) is 33.6 Å². The summed E-state index contributed by atoms with van der Waals surface area (Å²) in [4.78, 5) is 100. The monoisotopic (exact) mass is 731 g/mol. The second-order valence-corrected chi connectivity index (χ2v) is 16.6. The highest BCUT2D eigenvalue weighted by Crippen LogP contribution is 2.22. The Hall–Kier alpha value is -3.71. The highest BCUT2D eigenvalue weighted by atomic mass is 16.2. The summed E-state index contributed by atoms with van der Waals surface area (Å²) in [5.41, 5.74) is 0. The van der Waals surface area contributed by atoms with Crippen LogP contribution >= 0.6 is 0 Å². The minimum absolute atomic E-state index is 0.00230. The van der Waals surface area contributed by atoms with Gasteiger partial charge < -0.3 is 36.4 Å². The molecule has 14 heteroatoms. The first-order valence-electron chi connectivity index (χ1n) is 19.6. The van der Waals surface area contributed by atoms with Crippen molar-refractivity contribution in [1.29, 1.82) is 0 Å². The summed E-state index contributed by atoms with van der Waals surface area (Å²) in [6, 6.07) is -6.03. The van der Waals surface area contributed by atoms with Gasteiger partial charge in [0.15, 0.2) is 0 Å². The van der Waals surface area contributed by atoms with E-state index in [0.29, 0.717) is 38.9 Å². The Kier molecular flexibility index (Phi) is 16.4. The van der Waals surface area contributed by atoms with Crippen molar-refractivity contribution in [1.82, 2.24) is 36.4 Å². The molecular formula is C38H65N7O7. The van der Waals surface area contributed by atoms with Crippen LogP contribution in [-0.2, 0) is 33.6 Å². The molecule has 3 saturated heterocycles. The van der Waals surface area contributed by atoms with Gasteiger partial charge in [0.1, 0.15) is 36.3 Å². The first-order valence-corrected chi connectivity index (χ1v) is 19.6. The van der Waals surface area contributed by atoms with Crippen molar-refractivity contribution in [3.63, 3.8) is 0 Å². The van der Waals surface area contributed by atoms with Crippen LogP contribution in [0.15, 0.2) is 0 Å². The number of carbonyl (C=O) groups excluding carboxylic acids is 7. The second kappa shape index (κ2) is 19.9. The molecule has 0 aromatic rings. The minimum Gasteiger partial charge on any atom is -0.343 e. The summed E-state index contributed by atoms with van der Waals surface area (Å²) in [5.74, 6) is -3.26. The molecular weight excluding hydrogens is 666 g/mol. The van der Waals surface area contributed by atoms with E-state index in [0.717, 1.165) is 12.8 Å². The number of amides is 7. The van der Waals surface area contributed by atoms with E-state index in [1.54, 1.807) is 4.90 Å². The van der Waals surface area contributed by atoms with Crippen LogP contribution < -0.4 is 26.6 Å². The van der Waals surface area contributed by atoms with Gasteiger partial charge in [-0.2, -0.15) is 0 Å². The van der Waals surface area contributed by atoms with Crippen molar-refractivity contribution in [2.45, 2.75) is 156 Å². The third-order valence-corrected chi connectivity index (χ3v) is 9.92. The molecule has 0 bridgehead atoms. The molecule has 3 aliphatic rings. The Morgan fingerprint density at radius 3 is 1.38 bits per heavy atom. The molecule has 0 radical (unpaired) electrons. The van der Waals surface area contributed by atoms with Gasteiger partial charge in [-0.1, -0.05) is 55.4 Å². The second-order valence-electron chi connectivity index (χ2n) is 16.6. The molecule has 0 unspecified atom stereocenters. The zero-order chi connectivity index (χ0) is 38.7. The van der Waals surface area contributed by atoms with Crippen molar-refractivity contribution in [2.24, 2.45) is 23.7 Å². The van der Waals surface area contributed by atoms with E-state index in [-0.39, 0.29) is 61.7 Å². The van der Waals surface area contributed by atoms with Crippen LogP contribution in [0.4, 0.5) is 0 Å². The normalized spacial score (nSPS) is 27.3. The minimum atomic E-state index is -1.17. The summed E-state index contributed by atoms with van der Waals surface area (Å²) in [5, 5.41) is 14.3. The molecule has 5 N–H and O–H groups in total. The Balaban J connectivity index is 2.06. The van der Waals surface area contributed by atoms with Gasteiger partial charge in [0.2, 0.25) is 41.4 Å². The lowest BCUT2D eigenvalue weighted by Gasteiger charge is -2.32. The summed E-state index contributed by atoms with van der Waals surface area (Å²) in [7, 11) is 0. The van der Waals surface area contributed by atoms with Crippen LogP contribution in [0.25, 0.3) is 0 Å². The topological polar surface area (TPSA) is 186 Å². The number of likely N-dealkylation sites (tertiary alicyclic amines) is 1. The average Bonchev–Trinajstić information content (AvgIpc) is 3.77. The molecule has 6 atom stereocenters. The number of nitrogens with one attached hydrogen (secondary N) is 5. The van der Waals surface area contributed by atoms with Gasteiger partial charge in [0.05, 0.1) is 0 Å². The maximum Gasteiger partial charge on any atom is 0.245 e. The molecule has 14 nitrogen and oxygen atoms in total. The van der Waals surface area contributed by atoms with Crippen molar-refractivity contribution in [2.75, 3.05) is 19.6 Å². The number of hydrogen-bond acceptors (Lipinski definition) is 7. The number of fused-ring (bicyclic) bond motifs is 1. The zero-order valence-corrected chi connectivity index (χ0v) is 32.7. The van der Waals surface area contributed by atoms with Gasteiger partial charge in [-0.05, 0) is 81.5 Å². The van der Waals surface area contributed by atoms with Gasteiger partial charge in [0.25, 0.3) is 0 Å². The van der Waals surface area contributed by atoms with Gasteiger partial charge in [-0.3, -0.25) is 33.6 Å².